The molecule has 0 bridgehead atoms. The summed E-state index contributed by atoms with van der Waals surface area (Å²) < 4.78 is 26.6. The first kappa shape index (κ1) is 25.0. The van der Waals surface area contributed by atoms with Crippen molar-refractivity contribution in [3.63, 3.8) is 0 Å². The van der Waals surface area contributed by atoms with Crippen LogP contribution < -0.4 is 10.6 Å². The van der Waals surface area contributed by atoms with Gasteiger partial charge in [0.05, 0.1) is 23.4 Å². The van der Waals surface area contributed by atoms with E-state index in [1.807, 2.05) is 0 Å². The number of rotatable bonds is 5. The van der Waals surface area contributed by atoms with Crippen molar-refractivity contribution < 1.29 is 33.4 Å². The Balaban J connectivity index is 1.53. The number of Topliss-reactive ketones (excluding diaryl/α,β-unsaturated/α-hetero) is 1. The first-order valence-corrected chi connectivity index (χ1v) is 11.4. The average molecular weight is 488 g/mol. The number of fused-ring (bicyclic) bond motifs is 1. The minimum Gasteiger partial charge on any atom is -0.390 e. The van der Waals surface area contributed by atoms with Gasteiger partial charge in [-0.15, -0.1) is 0 Å². The molecule has 2 aliphatic rings. The summed E-state index contributed by atoms with van der Waals surface area (Å²) in [6.07, 6.45) is -1.80. The second-order valence-electron chi connectivity index (χ2n) is 9.69. The van der Waals surface area contributed by atoms with Crippen LogP contribution in [0, 0.1) is 26.6 Å². The number of hydrogen-bond acceptors (Lipinski definition) is 6. The van der Waals surface area contributed by atoms with Gasteiger partial charge < -0.3 is 29.8 Å². The third-order valence-corrected chi connectivity index (χ3v) is 6.75. The Bertz CT molecular complexity index is 1220. The van der Waals surface area contributed by atoms with Crippen LogP contribution in [0.3, 0.4) is 0 Å². The Kier molecular flexibility index (Phi) is 6.33. The maximum atomic E-state index is 13.6. The summed E-state index contributed by atoms with van der Waals surface area (Å²) in [7, 11) is 1.60. The van der Waals surface area contributed by atoms with Crippen LogP contribution >= 0.6 is 0 Å². The number of aliphatic hydroxyl groups is 1. The molecule has 0 spiro atoms. The molecule has 0 unspecified atom stereocenters. The fourth-order valence-electron chi connectivity index (χ4n) is 4.99. The van der Waals surface area contributed by atoms with E-state index < -0.39 is 47.7 Å². The van der Waals surface area contributed by atoms with E-state index in [1.54, 1.807) is 41.7 Å². The van der Waals surface area contributed by atoms with Gasteiger partial charge in [-0.2, -0.15) is 0 Å². The zero-order valence-corrected chi connectivity index (χ0v) is 20.6. The van der Waals surface area contributed by atoms with E-state index in [9.17, 15) is 23.9 Å². The molecule has 1 saturated heterocycles. The lowest BCUT2D eigenvalue weighted by molar-refractivity contribution is -0.164. The van der Waals surface area contributed by atoms with Crippen molar-refractivity contribution in [2.75, 3.05) is 5.32 Å². The van der Waals surface area contributed by atoms with Crippen molar-refractivity contribution >= 4 is 23.3 Å². The molecule has 1 aliphatic heterocycles. The summed E-state index contributed by atoms with van der Waals surface area (Å²) in [5, 5.41) is 15.7. The van der Waals surface area contributed by atoms with Crippen molar-refractivity contribution in [3.8, 4) is 0 Å². The fourth-order valence-corrected chi connectivity index (χ4v) is 4.99. The number of halogens is 1. The van der Waals surface area contributed by atoms with Gasteiger partial charge in [-0.25, -0.2) is 4.39 Å². The molecule has 2 amide bonds. The van der Waals surface area contributed by atoms with Crippen LogP contribution in [0.2, 0.25) is 0 Å². The van der Waals surface area contributed by atoms with E-state index in [-0.39, 0.29) is 23.5 Å². The average Bonchev–Trinajstić information content (AvgIpc) is 3.32. The molecule has 2 heterocycles. The minimum absolute atomic E-state index is 0.0828. The second-order valence-corrected chi connectivity index (χ2v) is 9.69. The van der Waals surface area contributed by atoms with Gasteiger partial charge in [0.25, 0.3) is 17.6 Å². The molecule has 3 N–H and O–H groups in total. The fraction of sp³-hybridized carbons (Fsp3) is 0.480. The molecule has 1 aliphatic carbocycles. The van der Waals surface area contributed by atoms with Gasteiger partial charge in [-0.1, -0.05) is 0 Å². The summed E-state index contributed by atoms with van der Waals surface area (Å²) in [5.74, 6) is -3.42. The molecule has 10 heteroatoms. The second kappa shape index (κ2) is 8.85. The Labute approximate surface area is 202 Å². The molecule has 4 rings (SSSR count). The van der Waals surface area contributed by atoms with E-state index in [2.05, 4.69) is 10.6 Å². The summed E-state index contributed by atoms with van der Waals surface area (Å²) in [4.78, 5) is 39.1. The van der Waals surface area contributed by atoms with Gasteiger partial charge in [0.2, 0.25) is 0 Å². The van der Waals surface area contributed by atoms with Crippen LogP contribution in [0.1, 0.15) is 57.9 Å². The molecule has 2 aromatic rings. The zero-order valence-electron chi connectivity index (χ0n) is 20.6. The number of nitrogens with one attached hydrogen (secondary N) is 2. The smallest absolute Gasteiger partial charge is 0.294 e. The predicted octanol–water partition coefficient (Wildman–Crippen LogP) is 2.29. The molecule has 9 nitrogen and oxygen atoms in total. The van der Waals surface area contributed by atoms with Crippen LogP contribution in [0.5, 0.6) is 0 Å². The number of amides is 2. The lowest BCUT2D eigenvalue weighted by Crippen LogP contribution is -2.46. The van der Waals surface area contributed by atoms with Crippen LogP contribution in [-0.2, 0) is 21.3 Å². The highest BCUT2D eigenvalue weighted by molar-refractivity contribution is 6.43. The molecular formula is C25H30FN3O6. The minimum atomic E-state index is -0.902. The van der Waals surface area contributed by atoms with E-state index in [1.165, 1.54) is 22.8 Å². The molecule has 1 aromatic heterocycles. The van der Waals surface area contributed by atoms with Crippen molar-refractivity contribution in [2.24, 2.45) is 7.05 Å². The standard InChI is InChI=1S/C25H30FN3O6/c1-11-9-14(7-8-15(11)26)27-23(32)18-12(2)19(29(6)13(18)3)20(31)24(33)28-16-10-17(30)22-21(16)34-25(4,5)35-22/h7-9,16-17,21-22,30H,10H2,1-6H3,(H,27,32)(H,28,33)/t16-,17+,21+,22-/m1/s1. The first-order valence-electron chi connectivity index (χ1n) is 11.4. The van der Waals surface area contributed by atoms with Crippen molar-refractivity contribution in [1.82, 2.24) is 9.88 Å². The molecule has 35 heavy (non-hydrogen) atoms. The highest BCUT2D eigenvalue weighted by Gasteiger charge is 2.54. The van der Waals surface area contributed by atoms with Gasteiger partial charge >= 0.3 is 0 Å². The number of aliphatic hydroxyl groups excluding tert-OH is 1. The van der Waals surface area contributed by atoms with Crippen molar-refractivity contribution in [3.05, 3.63) is 52.1 Å². The molecule has 1 aromatic carbocycles. The third-order valence-electron chi connectivity index (χ3n) is 6.75. The Morgan fingerprint density at radius 2 is 1.80 bits per heavy atom. The van der Waals surface area contributed by atoms with Gasteiger partial charge in [0.15, 0.2) is 5.79 Å². The Morgan fingerprint density at radius 1 is 1.14 bits per heavy atom. The van der Waals surface area contributed by atoms with Crippen LogP contribution in [0.25, 0.3) is 0 Å². The Hall–Kier alpha value is -3.08. The summed E-state index contributed by atoms with van der Waals surface area (Å²) in [6, 6.07) is 3.63. The van der Waals surface area contributed by atoms with Gasteiger partial charge in [-0.05, 0) is 70.4 Å². The number of aryl methyl sites for hydroxylation is 1. The highest BCUT2D eigenvalue weighted by atomic mass is 19.1. The summed E-state index contributed by atoms with van der Waals surface area (Å²) in [6.45, 7) is 8.31. The monoisotopic (exact) mass is 487 g/mol. The van der Waals surface area contributed by atoms with Gasteiger partial charge in [-0.3, -0.25) is 14.4 Å². The first-order chi connectivity index (χ1) is 16.3. The number of nitrogens with zero attached hydrogens (tertiary/aromatic N) is 1. The lowest BCUT2D eigenvalue weighted by atomic mass is 10.1. The van der Waals surface area contributed by atoms with E-state index >= 15 is 0 Å². The maximum absolute atomic E-state index is 13.6. The van der Waals surface area contributed by atoms with E-state index in [0.29, 0.717) is 22.5 Å². The molecule has 2 fully saturated rings. The van der Waals surface area contributed by atoms with E-state index in [0.717, 1.165) is 0 Å². The number of ether oxygens (including phenoxy) is 2. The number of benzene rings is 1. The highest BCUT2D eigenvalue weighted by Crippen LogP contribution is 2.38. The van der Waals surface area contributed by atoms with Crippen LogP contribution in [0.4, 0.5) is 10.1 Å². The van der Waals surface area contributed by atoms with Crippen LogP contribution in [0.15, 0.2) is 18.2 Å². The largest absolute Gasteiger partial charge is 0.390 e. The van der Waals surface area contributed by atoms with Crippen LogP contribution in [-0.4, -0.2) is 57.4 Å². The summed E-state index contributed by atoms with van der Waals surface area (Å²) in [5.41, 5.74) is 2.00. The molecule has 0 radical (unpaired) electrons. The SMILES string of the molecule is Cc1cc(NC(=O)c2c(C)c(C(=O)C(=O)N[C@@H]3C[C@H](O)[C@H]4OC(C)(C)O[C@H]43)n(C)c2C)ccc1F. The third kappa shape index (κ3) is 4.49. The molecular weight excluding hydrogens is 457 g/mol. The molecule has 1 saturated carbocycles. The van der Waals surface area contributed by atoms with Gasteiger partial charge in [0, 0.05) is 18.4 Å². The van der Waals surface area contributed by atoms with Crippen molar-refractivity contribution in [2.45, 2.75) is 71.2 Å². The molecule has 188 valence electrons. The number of carbonyl (C=O) groups is 3. The maximum Gasteiger partial charge on any atom is 0.294 e. The number of carbonyl (C=O) groups excluding carboxylic acids is 3. The Morgan fingerprint density at radius 3 is 2.46 bits per heavy atom. The number of ketones is 1. The van der Waals surface area contributed by atoms with Crippen molar-refractivity contribution in [1.29, 1.82) is 0 Å². The van der Waals surface area contributed by atoms with E-state index in [4.69, 9.17) is 9.47 Å². The predicted molar refractivity (Wildman–Crippen MR) is 125 cm³/mol. The normalized spacial score (nSPS) is 24.8. The summed E-state index contributed by atoms with van der Waals surface area (Å²) >= 11 is 0. The zero-order chi connectivity index (χ0) is 25.8. The topological polar surface area (TPSA) is 119 Å². The quantitative estimate of drug-likeness (QED) is 0.440. The lowest BCUT2D eigenvalue weighted by Gasteiger charge is -2.22. The number of anilines is 1. The van der Waals surface area contributed by atoms with Gasteiger partial charge in [0.1, 0.15) is 18.0 Å². The number of hydrogen-bond donors (Lipinski definition) is 3. The molecule has 4 atom stereocenters. The number of aromatic nitrogens is 1.